The highest BCUT2D eigenvalue weighted by atomic mass is 16.1. The average molecular weight is 177 g/mol. The molecule has 1 aromatic rings. The topological polar surface area (TPSA) is 32.9 Å². The second-order valence-electron chi connectivity index (χ2n) is 3.86. The molecule has 0 spiro atoms. The van der Waals surface area contributed by atoms with Crippen LogP contribution in [0.25, 0.3) is 0 Å². The number of aromatic nitrogens is 1. The summed E-state index contributed by atoms with van der Waals surface area (Å²) in [4.78, 5) is 14.6. The van der Waals surface area contributed by atoms with Crippen molar-refractivity contribution in [3.63, 3.8) is 0 Å². The summed E-state index contributed by atoms with van der Waals surface area (Å²) in [5, 5.41) is 0. The third-order valence-corrected chi connectivity index (χ3v) is 2.85. The van der Waals surface area contributed by atoms with Crippen LogP contribution < -0.4 is 0 Å². The molecule has 0 radical (unpaired) electrons. The molecule has 0 amide bonds. The molecule has 1 aliphatic carbocycles. The highest BCUT2D eigenvalue weighted by Gasteiger charge is 2.19. The lowest BCUT2D eigenvalue weighted by atomic mass is 10.00. The van der Waals surface area contributed by atoms with Gasteiger partial charge in [-0.1, -0.05) is 25.7 Å². The predicted molar refractivity (Wildman–Crippen MR) is 51.7 cm³/mol. The summed E-state index contributed by atoms with van der Waals surface area (Å²) in [7, 11) is 0. The van der Waals surface area contributed by atoms with Crippen LogP contribution in [0.4, 0.5) is 0 Å². The van der Waals surface area contributed by atoms with E-state index in [2.05, 4.69) is 4.98 Å². The first-order valence-corrected chi connectivity index (χ1v) is 5.03. The normalized spacial score (nSPS) is 17.8. The Balaban J connectivity index is 1.91. The molecule has 1 aromatic heterocycles. The number of carbonyl (C=O) groups is 1. The van der Waals surface area contributed by atoms with E-state index < -0.39 is 0 Å². The molecule has 0 saturated heterocycles. The molecule has 1 heterocycles. The Morgan fingerprint density at radius 3 is 2.85 bits per heavy atom. The first-order valence-electron chi connectivity index (χ1n) is 5.03. The summed E-state index contributed by atoms with van der Waals surface area (Å²) in [6, 6.07) is 3.74. The molecule has 1 fully saturated rings. The van der Waals surface area contributed by atoms with Crippen molar-refractivity contribution in [1.82, 2.24) is 4.98 Å². The highest BCUT2D eigenvalue weighted by Crippen LogP contribution is 2.28. The Bertz CT molecular complexity index is 270. The minimum atomic E-state index is 0.275. The van der Waals surface area contributed by atoms with Gasteiger partial charge in [-0.05, 0) is 18.1 Å². The largest absolute Gasteiger partial charge is 0.359 e. The van der Waals surface area contributed by atoms with Crippen molar-refractivity contribution in [2.24, 2.45) is 5.92 Å². The molecule has 0 unspecified atom stereocenters. The van der Waals surface area contributed by atoms with Gasteiger partial charge >= 0.3 is 0 Å². The molecule has 2 nitrogen and oxygen atoms in total. The van der Waals surface area contributed by atoms with Crippen molar-refractivity contribution >= 4 is 5.78 Å². The molecule has 0 aromatic carbocycles. The maximum Gasteiger partial charge on any atom is 0.179 e. The number of Topliss-reactive ketones (excluding diaryl/α,β-unsaturated/α-hetero) is 1. The molecule has 0 atom stereocenters. The van der Waals surface area contributed by atoms with Crippen molar-refractivity contribution in [3.05, 3.63) is 24.0 Å². The van der Waals surface area contributed by atoms with Gasteiger partial charge in [0, 0.05) is 12.6 Å². The van der Waals surface area contributed by atoms with E-state index >= 15 is 0 Å². The number of ketones is 1. The van der Waals surface area contributed by atoms with E-state index in [0.717, 1.165) is 12.1 Å². The van der Waals surface area contributed by atoms with Gasteiger partial charge in [0.2, 0.25) is 0 Å². The lowest BCUT2D eigenvalue weighted by Gasteiger charge is -2.05. The van der Waals surface area contributed by atoms with Crippen LogP contribution in [0.15, 0.2) is 18.3 Å². The van der Waals surface area contributed by atoms with Gasteiger partial charge in [-0.2, -0.15) is 0 Å². The van der Waals surface area contributed by atoms with E-state index in [0.29, 0.717) is 5.92 Å². The van der Waals surface area contributed by atoms with E-state index in [4.69, 9.17) is 0 Å². The monoisotopic (exact) mass is 177 g/mol. The Labute approximate surface area is 78.4 Å². The summed E-state index contributed by atoms with van der Waals surface area (Å²) in [6.07, 6.45) is 7.65. The third kappa shape index (κ3) is 2.00. The third-order valence-electron chi connectivity index (χ3n) is 2.85. The van der Waals surface area contributed by atoms with Crippen molar-refractivity contribution in [2.45, 2.75) is 32.1 Å². The molecule has 0 bridgehead atoms. The van der Waals surface area contributed by atoms with E-state index in [1.54, 1.807) is 0 Å². The fraction of sp³-hybridized carbons (Fsp3) is 0.545. The summed E-state index contributed by atoms with van der Waals surface area (Å²) in [5.41, 5.74) is 0.770. The van der Waals surface area contributed by atoms with Gasteiger partial charge in [0.25, 0.3) is 0 Å². The number of carbonyl (C=O) groups excluding carboxylic acids is 1. The van der Waals surface area contributed by atoms with E-state index in [-0.39, 0.29) is 5.78 Å². The van der Waals surface area contributed by atoms with Crippen molar-refractivity contribution in [1.29, 1.82) is 0 Å². The zero-order valence-corrected chi connectivity index (χ0v) is 7.75. The average Bonchev–Trinajstić information content (AvgIpc) is 2.74. The van der Waals surface area contributed by atoms with Gasteiger partial charge in [-0.15, -0.1) is 0 Å². The number of aromatic amines is 1. The second kappa shape index (κ2) is 3.77. The Kier molecular flexibility index (Phi) is 2.48. The summed E-state index contributed by atoms with van der Waals surface area (Å²) >= 11 is 0. The number of H-pyrrole nitrogens is 1. The van der Waals surface area contributed by atoms with E-state index in [9.17, 15) is 4.79 Å². The number of hydrogen-bond acceptors (Lipinski definition) is 1. The van der Waals surface area contributed by atoms with Gasteiger partial charge in [-0.3, -0.25) is 4.79 Å². The summed E-state index contributed by atoms with van der Waals surface area (Å²) < 4.78 is 0. The molecule has 13 heavy (non-hydrogen) atoms. The first-order chi connectivity index (χ1) is 6.36. The minimum Gasteiger partial charge on any atom is -0.359 e. The van der Waals surface area contributed by atoms with Gasteiger partial charge in [0.15, 0.2) is 5.78 Å². The van der Waals surface area contributed by atoms with Crippen LogP contribution in [0.1, 0.15) is 42.6 Å². The fourth-order valence-electron chi connectivity index (χ4n) is 2.09. The van der Waals surface area contributed by atoms with Crippen LogP contribution in [0.5, 0.6) is 0 Å². The van der Waals surface area contributed by atoms with Gasteiger partial charge in [0.1, 0.15) is 0 Å². The second-order valence-corrected chi connectivity index (χ2v) is 3.86. The molecule has 1 aliphatic rings. The zero-order chi connectivity index (χ0) is 9.10. The molecular weight excluding hydrogens is 162 g/mol. The number of rotatable bonds is 3. The van der Waals surface area contributed by atoms with Crippen LogP contribution in [-0.2, 0) is 0 Å². The van der Waals surface area contributed by atoms with Crippen LogP contribution >= 0.6 is 0 Å². The van der Waals surface area contributed by atoms with E-state index in [1.807, 2.05) is 18.3 Å². The quantitative estimate of drug-likeness (QED) is 0.707. The number of nitrogens with one attached hydrogen (secondary N) is 1. The molecule has 1 N–H and O–H groups in total. The SMILES string of the molecule is O=C(CC1CCCC1)c1ccc[nH]1. The first kappa shape index (κ1) is 8.54. The zero-order valence-electron chi connectivity index (χ0n) is 7.75. The van der Waals surface area contributed by atoms with Gasteiger partial charge in [0.05, 0.1) is 5.69 Å². The van der Waals surface area contributed by atoms with Crippen molar-refractivity contribution in [3.8, 4) is 0 Å². The molecule has 1 saturated carbocycles. The smallest absolute Gasteiger partial charge is 0.179 e. The minimum absolute atomic E-state index is 0.275. The Hall–Kier alpha value is -1.05. The van der Waals surface area contributed by atoms with Crippen LogP contribution in [0.2, 0.25) is 0 Å². The summed E-state index contributed by atoms with van der Waals surface area (Å²) in [5.74, 6) is 0.924. The maximum absolute atomic E-state index is 11.6. The molecule has 2 rings (SSSR count). The molecular formula is C11H15NO. The lowest BCUT2D eigenvalue weighted by molar-refractivity contribution is 0.0958. The Morgan fingerprint density at radius 2 is 2.23 bits per heavy atom. The van der Waals surface area contributed by atoms with Crippen LogP contribution in [0, 0.1) is 5.92 Å². The molecule has 2 heteroatoms. The number of hydrogen-bond donors (Lipinski definition) is 1. The fourth-order valence-corrected chi connectivity index (χ4v) is 2.09. The van der Waals surface area contributed by atoms with Gasteiger partial charge in [-0.25, -0.2) is 0 Å². The van der Waals surface area contributed by atoms with Crippen molar-refractivity contribution in [2.75, 3.05) is 0 Å². The molecule has 70 valence electrons. The van der Waals surface area contributed by atoms with E-state index in [1.165, 1.54) is 25.7 Å². The summed E-state index contributed by atoms with van der Waals surface area (Å²) in [6.45, 7) is 0. The Morgan fingerprint density at radius 1 is 1.46 bits per heavy atom. The predicted octanol–water partition coefficient (Wildman–Crippen LogP) is 2.78. The lowest BCUT2D eigenvalue weighted by Crippen LogP contribution is -2.05. The molecule has 0 aliphatic heterocycles. The maximum atomic E-state index is 11.6. The van der Waals surface area contributed by atoms with Crippen LogP contribution in [0.3, 0.4) is 0 Å². The standard InChI is InChI=1S/C11H15NO/c13-11(10-6-3-7-12-10)8-9-4-1-2-5-9/h3,6-7,9,12H,1-2,4-5,8H2. The van der Waals surface area contributed by atoms with Crippen molar-refractivity contribution < 1.29 is 4.79 Å². The van der Waals surface area contributed by atoms with Gasteiger partial charge < -0.3 is 4.98 Å². The highest BCUT2D eigenvalue weighted by molar-refractivity contribution is 5.94. The van der Waals surface area contributed by atoms with Crippen LogP contribution in [-0.4, -0.2) is 10.8 Å².